The smallest absolute Gasteiger partial charge is 0.168 e. The number of halogens is 1. The number of hydrogen-bond acceptors (Lipinski definition) is 3. The van der Waals surface area contributed by atoms with Gasteiger partial charge in [-0.25, -0.2) is 0 Å². The Morgan fingerprint density at radius 3 is 2.58 bits per heavy atom. The summed E-state index contributed by atoms with van der Waals surface area (Å²) in [5, 5.41) is 3.66. The molecule has 1 saturated heterocycles. The molecule has 1 saturated carbocycles. The third-order valence-corrected chi connectivity index (χ3v) is 5.05. The van der Waals surface area contributed by atoms with Crippen molar-refractivity contribution in [3.8, 4) is 0 Å². The molecule has 104 valence electrons. The van der Waals surface area contributed by atoms with Crippen molar-refractivity contribution < 1.29 is 9.47 Å². The Morgan fingerprint density at radius 1 is 1.21 bits per heavy atom. The molecule has 1 aromatic rings. The van der Waals surface area contributed by atoms with E-state index in [1.165, 1.54) is 11.3 Å². The summed E-state index contributed by atoms with van der Waals surface area (Å²) in [6.07, 6.45) is 4.20. The molecule has 0 aromatic heterocycles. The highest BCUT2D eigenvalue weighted by Crippen LogP contribution is 2.37. The van der Waals surface area contributed by atoms with E-state index in [0.717, 1.165) is 43.4 Å². The quantitative estimate of drug-likeness (QED) is 0.895. The van der Waals surface area contributed by atoms with Crippen molar-refractivity contribution in [1.82, 2.24) is 0 Å². The molecule has 19 heavy (non-hydrogen) atoms. The van der Waals surface area contributed by atoms with Gasteiger partial charge in [0.2, 0.25) is 0 Å². The fourth-order valence-electron chi connectivity index (χ4n) is 2.97. The molecule has 3 nitrogen and oxygen atoms in total. The highest BCUT2D eigenvalue weighted by Gasteiger charge is 2.40. The van der Waals surface area contributed by atoms with Crippen LogP contribution in [-0.2, 0) is 9.47 Å². The van der Waals surface area contributed by atoms with E-state index in [2.05, 4.69) is 46.4 Å². The van der Waals surface area contributed by atoms with E-state index in [-0.39, 0.29) is 5.79 Å². The van der Waals surface area contributed by atoms with Gasteiger partial charge < -0.3 is 14.8 Å². The van der Waals surface area contributed by atoms with Crippen LogP contribution in [0, 0.1) is 6.92 Å². The van der Waals surface area contributed by atoms with Crippen LogP contribution in [0.1, 0.15) is 31.2 Å². The predicted molar refractivity (Wildman–Crippen MR) is 79.4 cm³/mol. The average molecular weight is 326 g/mol. The minimum Gasteiger partial charge on any atom is -0.382 e. The maximum atomic E-state index is 5.77. The molecule has 1 aliphatic heterocycles. The molecule has 2 fully saturated rings. The van der Waals surface area contributed by atoms with E-state index in [0.29, 0.717) is 6.04 Å². The monoisotopic (exact) mass is 325 g/mol. The summed E-state index contributed by atoms with van der Waals surface area (Å²) >= 11 is 3.58. The summed E-state index contributed by atoms with van der Waals surface area (Å²) in [6.45, 7) is 3.64. The molecule has 0 amide bonds. The number of anilines is 1. The number of hydrogen-bond donors (Lipinski definition) is 1. The third kappa shape index (κ3) is 2.81. The van der Waals surface area contributed by atoms with Gasteiger partial charge in [-0.3, -0.25) is 0 Å². The van der Waals surface area contributed by atoms with Crippen LogP contribution in [0.4, 0.5) is 5.69 Å². The fraction of sp³-hybridized carbons (Fsp3) is 0.600. The van der Waals surface area contributed by atoms with Gasteiger partial charge in [0.1, 0.15) is 0 Å². The standard InChI is InChI=1S/C15H20BrNO2/c1-11-13(16)3-2-4-14(11)17-12-5-7-15(8-6-12)18-9-10-19-15/h2-4,12,17H,5-10H2,1H3. The minimum absolute atomic E-state index is 0.259. The van der Waals surface area contributed by atoms with E-state index < -0.39 is 0 Å². The van der Waals surface area contributed by atoms with Crippen LogP contribution >= 0.6 is 15.9 Å². The molecule has 0 unspecified atom stereocenters. The van der Waals surface area contributed by atoms with Crippen LogP contribution in [0.15, 0.2) is 22.7 Å². The first-order chi connectivity index (χ1) is 9.19. The van der Waals surface area contributed by atoms with Crippen molar-refractivity contribution in [2.24, 2.45) is 0 Å². The second-order valence-electron chi connectivity index (χ2n) is 5.44. The van der Waals surface area contributed by atoms with Crippen LogP contribution in [0.3, 0.4) is 0 Å². The van der Waals surface area contributed by atoms with E-state index in [4.69, 9.17) is 9.47 Å². The van der Waals surface area contributed by atoms with Crippen LogP contribution in [0.2, 0.25) is 0 Å². The lowest BCUT2D eigenvalue weighted by molar-refractivity contribution is -0.177. The van der Waals surface area contributed by atoms with E-state index in [9.17, 15) is 0 Å². The van der Waals surface area contributed by atoms with Gasteiger partial charge in [0.05, 0.1) is 13.2 Å². The zero-order chi connectivity index (χ0) is 13.3. The Hall–Kier alpha value is -0.580. The van der Waals surface area contributed by atoms with Crippen LogP contribution in [-0.4, -0.2) is 25.0 Å². The summed E-state index contributed by atoms with van der Waals surface area (Å²) in [7, 11) is 0. The van der Waals surface area contributed by atoms with Crippen molar-refractivity contribution in [3.63, 3.8) is 0 Å². The number of ether oxygens (including phenoxy) is 2. The Labute approximate surface area is 122 Å². The summed E-state index contributed by atoms with van der Waals surface area (Å²) in [5.41, 5.74) is 2.50. The second-order valence-corrected chi connectivity index (χ2v) is 6.29. The van der Waals surface area contributed by atoms with Gasteiger partial charge in [0.15, 0.2) is 5.79 Å². The van der Waals surface area contributed by atoms with Crippen molar-refractivity contribution in [3.05, 3.63) is 28.2 Å². The molecule has 3 rings (SSSR count). The van der Waals surface area contributed by atoms with Gasteiger partial charge in [0.25, 0.3) is 0 Å². The summed E-state index contributed by atoms with van der Waals surface area (Å²) in [6, 6.07) is 6.82. The minimum atomic E-state index is -0.259. The molecule has 0 atom stereocenters. The molecule has 1 aliphatic carbocycles. The molecule has 1 spiro atoms. The van der Waals surface area contributed by atoms with Gasteiger partial charge in [-0.05, 0) is 37.5 Å². The third-order valence-electron chi connectivity index (χ3n) is 4.19. The van der Waals surface area contributed by atoms with Gasteiger partial charge in [-0.15, -0.1) is 0 Å². The summed E-state index contributed by atoms with van der Waals surface area (Å²) < 4.78 is 12.7. The van der Waals surface area contributed by atoms with Gasteiger partial charge in [-0.2, -0.15) is 0 Å². The number of nitrogens with one attached hydrogen (secondary N) is 1. The first-order valence-electron chi connectivity index (χ1n) is 6.98. The zero-order valence-corrected chi connectivity index (χ0v) is 12.8. The maximum Gasteiger partial charge on any atom is 0.168 e. The molecule has 0 radical (unpaired) electrons. The Kier molecular flexibility index (Phi) is 3.83. The summed E-state index contributed by atoms with van der Waals surface area (Å²) in [4.78, 5) is 0. The highest BCUT2D eigenvalue weighted by molar-refractivity contribution is 9.10. The van der Waals surface area contributed by atoms with Gasteiger partial charge in [-0.1, -0.05) is 22.0 Å². The lowest BCUT2D eigenvalue weighted by Gasteiger charge is -2.36. The van der Waals surface area contributed by atoms with Crippen molar-refractivity contribution in [1.29, 1.82) is 0 Å². The van der Waals surface area contributed by atoms with E-state index in [1.54, 1.807) is 0 Å². The van der Waals surface area contributed by atoms with Crippen LogP contribution < -0.4 is 5.32 Å². The van der Waals surface area contributed by atoms with Crippen molar-refractivity contribution >= 4 is 21.6 Å². The molecular weight excluding hydrogens is 306 g/mol. The average Bonchev–Trinajstić information content (AvgIpc) is 2.86. The molecule has 1 aromatic carbocycles. The lowest BCUT2D eigenvalue weighted by Crippen LogP contribution is -2.39. The molecular formula is C15H20BrNO2. The predicted octanol–water partition coefficient (Wildman–Crippen LogP) is 3.86. The zero-order valence-electron chi connectivity index (χ0n) is 11.2. The summed E-state index contributed by atoms with van der Waals surface area (Å²) in [5.74, 6) is -0.259. The first kappa shape index (κ1) is 13.4. The van der Waals surface area contributed by atoms with Gasteiger partial charge in [0, 0.05) is 29.0 Å². The highest BCUT2D eigenvalue weighted by atomic mass is 79.9. The largest absolute Gasteiger partial charge is 0.382 e. The Bertz CT molecular complexity index is 447. The SMILES string of the molecule is Cc1c(Br)cccc1NC1CCC2(CC1)OCCO2. The molecule has 1 N–H and O–H groups in total. The molecule has 0 bridgehead atoms. The first-order valence-corrected chi connectivity index (χ1v) is 7.77. The molecule has 2 aliphatic rings. The number of benzene rings is 1. The lowest BCUT2D eigenvalue weighted by atomic mass is 9.90. The fourth-order valence-corrected chi connectivity index (χ4v) is 3.34. The molecule has 4 heteroatoms. The van der Waals surface area contributed by atoms with Crippen LogP contribution in [0.25, 0.3) is 0 Å². The number of rotatable bonds is 2. The van der Waals surface area contributed by atoms with Crippen molar-refractivity contribution in [2.75, 3.05) is 18.5 Å². The normalized spacial score (nSPS) is 22.8. The van der Waals surface area contributed by atoms with E-state index >= 15 is 0 Å². The van der Waals surface area contributed by atoms with E-state index in [1.807, 2.05) is 0 Å². The Balaban J connectivity index is 1.61. The van der Waals surface area contributed by atoms with Crippen molar-refractivity contribution in [2.45, 2.75) is 44.4 Å². The topological polar surface area (TPSA) is 30.5 Å². The second kappa shape index (κ2) is 5.43. The van der Waals surface area contributed by atoms with Gasteiger partial charge >= 0.3 is 0 Å². The van der Waals surface area contributed by atoms with Crippen LogP contribution in [0.5, 0.6) is 0 Å². The Morgan fingerprint density at radius 2 is 1.89 bits per heavy atom. The molecule has 1 heterocycles. The maximum absolute atomic E-state index is 5.77.